The van der Waals surface area contributed by atoms with E-state index < -0.39 is 11.2 Å². The Kier molecular flexibility index (Phi) is 5.94. The van der Waals surface area contributed by atoms with E-state index in [1.165, 1.54) is 11.6 Å². The Morgan fingerprint density at radius 2 is 1.57 bits per heavy atom. The van der Waals surface area contributed by atoms with Gasteiger partial charge >= 0.3 is 5.69 Å². The van der Waals surface area contributed by atoms with E-state index >= 15 is 0 Å². The third-order valence-corrected chi connectivity index (χ3v) is 6.85. The summed E-state index contributed by atoms with van der Waals surface area (Å²) < 4.78 is 4.30. The van der Waals surface area contributed by atoms with Gasteiger partial charge in [-0.05, 0) is 23.8 Å². The number of hydrogen-bond acceptors (Lipinski definition) is 5. The molecule has 1 fully saturated rings. The van der Waals surface area contributed by atoms with Crippen molar-refractivity contribution in [1.82, 2.24) is 23.6 Å². The Bertz CT molecular complexity index is 1530. The van der Waals surface area contributed by atoms with Gasteiger partial charge in [-0.1, -0.05) is 48.0 Å². The number of carbonyl (C=O) groups is 1. The molecule has 10 heteroatoms. The summed E-state index contributed by atoms with van der Waals surface area (Å²) >= 11 is 6.44. The summed E-state index contributed by atoms with van der Waals surface area (Å²) in [4.78, 5) is 47.2. The highest BCUT2D eigenvalue weighted by molar-refractivity contribution is 6.31. The van der Waals surface area contributed by atoms with Crippen molar-refractivity contribution in [2.24, 2.45) is 14.1 Å². The van der Waals surface area contributed by atoms with Crippen molar-refractivity contribution in [2.75, 3.05) is 31.1 Å². The van der Waals surface area contributed by atoms with E-state index in [-0.39, 0.29) is 5.91 Å². The van der Waals surface area contributed by atoms with E-state index in [0.29, 0.717) is 60.4 Å². The average Bonchev–Trinajstić information content (AvgIpc) is 3.27. The maximum Gasteiger partial charge on any atom is 0.332 e. The summed E-state index contributed by atoms with van der Waals surface area (Å²) in [7, 11) is 3.07. The van der Waals surface area contributed by atoms with E-state index in [9.17, 15) is 14.4 Å². The fourth-order valence-electron chi connectivity index (χ4n) is 4.50. The van der Waals surface area contributed by atoms with Crippen LogP contribution in [0.25, 0.3) is 11.2 Å². The fourth-order valence-corrected chi connectivity index (χ4v) is 4.69. The zero-order chi connectivity index (χ0) is 24.7. The number of halogens is 1. The molecule has 9 nitrogen and oxygen atoms in total. The molecule has 35 heavy (non-hydrogen) atoms. The number of fused-ring (bicyclic) bond motifs is 1. The summed E-state index contributed by atoms with van der Waals surface area (Å²) in [5.74, 6) is 0.566. The number of rotatable bonds is 4. The smallest absolute Gasteiger partial charge is 0.332 e. The SMILES string of the molecule is Cn1c(=O)c2c(nc(N3CCN(C(=O)c4ccccc4)CC3)n2Cc2ccccc2Cl)n(C)c1=O. The number of imidazole rings is 1. The van der Waals surface area contributed by atoms with E-state index in [4.69, 9.17) is 16.6 Å². The van der Waals surface area contributed by atoms with Crippen LogP contribution in [0, 0.1) is 0 Å². The monoisotopic (exact) mass is 492 g/mol. The molecule has 0 radical (unpaired) electrons. The highest BCUT2D eigenvalue weighted by Crippen LogP contribution is 2.25. The topological polar surface area (TPSA) is 85.4 Å². The first-order chi connectivity index (χ1) is 16.9. The number of benzene rings is 2. The van der Waals surface area contributed by atoms with Gasteiger partial charge in [-0.25, -0.2) is 4.79 Å². The lowest BCUT2D eigenvalue weighted by Crippen LogP contribution is -2.49. The van der Waals surface area contributed by atoms with E-state index in [2.05, 4.69) is 4.90 Å². The Morgan fingerprint density at radius 3 is 2.26 bits per heavy atom. The molecule has 5 rings (SSSR count). The molecule has 2 aromatic heterocycles. The zero-order valence-electron chi connectivity index (χ0n) is 19.5. The van der Waals surface area contributed by atoms with Gasteiger partial charge in [0.05, 0.1) is 6.54 Å². The van der Waals surface area contributed by atoms with Crippen molar-refractivity contribution in [1.29, 1.82) is 0 Å². The molecular weight excluding hydrogens is 468 g/mol. The van der Waals surface area contributed by atoms with Crippen LogP contribution in [0.4, 0.5) is 5.95 Å². The van der Waals surface area contributed by atoms with Crippen LogP contribution in [0.2, 0.25) is 5.02 Å². The minimum atomic E-state index is -0.435. The second-order valence-electron chi connectivity index (χ2n) is 8.61. The number of aromatic nitrogens is 4. The molecule has 0 bridgehead atoms. The summed E-state index contributed by atoms with van der Waals surface area (Å²) in [6.07, 6.45) is 0. The third-order valence-electron chi connectivity index (χ3n) is 6.48. The first kappa shape index (κ1) is 22.9. The van der Waals surface area contributed by atoms with Crippen molar-refractivity contribution < 1.29 is 4.79 Å². The van der Waals surface area contributed by atoms with Crippen LogP contribution in [-0.4, -0.2) is 55.7 Å². The first-order valence-electron chi connectivity index (χ1n) is 11.4. The summed E-state index contributed by atoms with van der Waals surface area (Å²) in [5.41, 5.74) is 1.31. The number of carbonyl (C=O) groups excluding carboxylic acids is 1. The number of piperazine rings is 1. The molecule has 1 saturated heterocycles. The van der Waals surface area contributed by atoms with E-state index in [1.54, 1.807) is 13.1 Å². The van der Waals surface area contributed by atoms with Gasteiger partial charge < -0.3 is 9.80 Å². The van der Waals surface area contributed by atoms with Gasteiger partial charge in [0.2, 0.25) is 5.95 Å². The first-order valence-corrected chi connectivity index (χ1v) is 11.7. The molecule has 1 aliphatic heterocycles. The highest BCUT2D eigenvalue weighted by atomic mass is 35.5. The van der Waals surface area contributed by atoms with Gasteiger partial charge in [0.15, 0.2) is 11.2 Å². The molecule has 0 unspecified atom stereocenters. The van der Waals surface area contributed by atoms with Crippen LogP contribution in [0.1, 0.15) is 15.9 Å². The maximum atomic E-state index is 13.2. The zero-order valence-corrected chi connectivity index (χ0v) is 20.3. The molecule has 1 amide bonds. The summed E-state index contributed by atoms with van der Waals surface area (Å²) in [6.45, 7) is 2.43. The van der Waals surface area contributed by atoms with Crippen molar-refractivity contribution in [3.63, 3.8) is 0 Å². The molecule has 2 aromatic carbocycles. The van der Waals surface area contributed by atoms with Crippen LogP contribution >= 0.6 is 11.6 Å². The van der Waals surface area contributed by atoms with Gasteiger partial charge in [0, 0.05) is 50.9 Å². The van der Waals surface area contributed by atoms with Gasteiger partial charge in [-0.3, -0.25) is 23.3 Å². The van der Waals surface area contributed by atoms with Crippen molar-refractivity contribution >= 4 is 34.6 Å². The number of nitrogens with zero attached hydrogens (tertiary/aromatic N) is 6. The second-order valence-corrected chi connectivity index (χ2v) is 9.02. The lowest BCUT2D eigenvalue weighted by Gasteiger charge is -2.35. The standard InChI is InChI=1S/C25H25ClN6O3/c1-28-21-20(23(34)29(2)25(28)35)32(16-18-10-6-7-11-19(18)26)24(27-21)31-14-12-30(13-15-31)22(33)17-8-4-3-5-9-17/h3-11H,12-16H2,1-2H3. The Morgan fingerprint density at radius 1 is 0.914 bits per heavy atom. The van der Waals surface area contributed by atoms with Crippen LogP contribution in [0.15, 0.2) is 64.2 Å². The van der Waals surface area contributed by atoms with Gasteiger partial charge in [-0.15, -0.1) is 0 Å². The number of amides is 1. The fraction of sp³-hybridized carbons (Fsp3) is 0.280. The molecule has 0 N–H and O–H groups in total. The van der Waals surface area contributed by atoms with Crippen LogP contribution < -0.4 is 16.1 Å². The molecule has 0 atom stereocenters. The molecule has 0 aliphatic carbocycles. The molecule has 180 valence electrons. The molecule has 0 saturated carbocycles. The van der Waals surface area contributed by atoms with Crippen molar-refractivity contribution in [3.8, 4) is 0 Å². The number of anilines is 1. The molecule has 1 aliphatic rings. The maximum absolute atomic E-state index is 13.2. The predicted octanol–water partition coefficient (Wildman–Crippen LogP) is 2.10. The highest BCUT2D eigenvalue weighted by Gasteiger charge is 2.28. The van der Waals surface area contributed by atoms with Gasteiger partial charge in [-0.2, -0.15) is 4.98 Å². The molecule has 3 heterocycles. The van der Waals surface area contributed by atoms with E-state index in [1.807, 2.05) is 58.0 Å². The average molecular weight is 493 g/mol. The molecule has 4 aromatic rings. The minimum Gasteiger partial charge on any atom is -0.339 e. The third kappa shape index (κ3) is 4.01. The van der Waals surface area contributed by atoms with Crippen molar-refractivity contribution in [3.05, 3.63) is 91.6 Å². The van der Waals surface area contributed by atoms with Gasteiger partial charge in [0.1, 0.15) is 0 Å². The molecule has 0 spiro atoms. The minimum absolute atomic E-state index is 0.00825. The van der Waals surface area contributed by atoms with E-state index in [0.717, 1.165) is 10.1 Å². The largest absolute Gasteiger partial charge is 0.339 e. The van der Waals surface area contributed by atoms with Crippen molar-refractivity contribution in [2.45, 2.75) is 6.54 Å². The number of aryl methyl sites for hydroxylation is 1. The lowest BCUT2D eigenvalue weighted by atomic mass is 10.2. The van der Waals surface area contributed by atoms with Crippen LogP contribution in [0.5, 0.6) is 0 Å². The predicted molar refractivity (Wildman–Crippen MR) is 135 cm³/mol. The molecular formula is C25H25ClN6O3. The second kappa shape index (κ2) is 9.07. The van der Waals surface area contributed by atoms with Crippen LogP contribution in [0.3, 0.4) is 0 Å². The Labute approximate surface area is 206 Å². The van der Waals surface area contributed by atoms with Crippen LogP contribution in [-0.2, 0) is 20.6 Å². The lowest BCUT2D eigenvalue weighted by molar-refractivity contribution is 0.0746. The summed E-state index contributed by atoms with van der Waals surface area (Å²) in [6, 6.07) is 16.7. The number of hydrogen-bond donors (Lipinski definition) is 0. The summed E-state index contributed by atoms with van der Waals surface area (Å²) in [5, 5.41) is 0.584. The quantitative estimate of drug-likeness (QED) is 0.435. The Hall–Kier alpha value is -3.85. The normalized spacial score (nSPS) is 14.0. The Balaban J connectivity index is 1.54. The van der Waals surface area contributed by atoms with Gasteiger partial charge in [0.25, 0.3) is 11.5 Å².